The van der Waals surface area contributed by atoms with E-state index in [1.807, 2.05) is 11.0 Å². The van der Waals surface area contributed by atoms with Crippen molar-refractivity contribution in [1.29, 1.82) is 0 Å². The molecule has 1 saturated carbocycles. The second-order valence-corrected chi connectivity index (χ2v) is 6.48. The van der Waals surface area contributed by atoms with Gasteiger partial charge in [0.1, 0.15) is 6.33 Å². The van der Waals surface area contributed by atoms with Gasteiger partial charge in [0.2, 0.25) is 0 Å². The third-order valence-electron chi connectivity index (χ3n) is 3.92. The summed E-state index contributed by atoms with van der Waals surface area (Å²) in [5.74, 6) is 0.806. The first-order chi connectivity index (χ1) is 9.76. The van der Waals surface area contributed by atoms with E-state index in [1.54, 1.807) is 7.11 Å². The van der Waals surface area contributed by atoms with Crippen LogP contribution in [0, 0.1) is 3.57 Å². The van der Waals surface area contributed by atoms with Crippen molar-refractivity contribution >= 4 is 22.6 Å². The van der Waals surface area contributed by atoms with Gasteiger partial charge in [0.25, 0.3) is 0 Å². The second-order valence-electron chi connectivity index (χ2n) is 5.23. The van der Waals surface area contributed by atoms with Crippen LogP contribution in [0.25, 0.3) is 11.4 Å². The fourth-order valence-electron chi connectivity index (χ4n) is 2.76. The molecule has 0 radical (unpaired) electrons. The van der Waals surface area contributed by atoms with Crippen LogP contribution in [-0.4, -0.2) is 28.0 Å². The maximum Gasteiger partial charge on any atom is 0.181 e. The molecule has 5 heteroatoms. The molecule has 0 amide bonds. The van der Waals surface area contributed by atoms with Gasteiger partial charge in [-0.2, -0.15) is 5.10 Å². The Morgan fingerprint density at radius 1 is 1.25 bits per heavy atom. The molecule has 1 fully saturated rings. The second kappa shape index (κ2) is 6.22. The van der Waals surface area contributed by atoms with Crippen molar-refractivity contribution in [2.45, 2.75) is 37.8 Å². The highest BCUT2D eigenvalue weighted by atomic mass is 127. The molecule has 1 aliphatic rings. The zero-order valence-electron chi connectivity index (χ0n) is 11.5. The Balaban J connectivity index is 1.78. The summed E-state index contributed by atoms with van der Waals surface area (Å²) in [5, 5.41) is 4.65. The zero-order valence-corrected chi connectivity index (χ0v) is 13.7. The molecule has 0 spiro atoms. The standard InChI is InChI=1S/C15H18IN3O/c1-20-14-4-2-3-13(9-14)19-10-17-15(18-19)11-5-7-12(16)8-6-11/h5-8,10,13-14H,2-4,9H2,1H3. The number of nitrogens with zero attached hydrogens (tertiary/aromatic N) is 3. The third kappa shape index (κ3) is 3.03. The Bertz CT molecular complexity index is 567. The number of ether oxygens (including phenoxy) is 1. The Kier molecular flexibility index (Phi) is 4.35. The lowest BCUT2D eigenvalue weighted by atomic mass is 9.93. The number of hydrogen-bond acceptors (Lipinski definition) is 3. The summed E-state index contributed by atoms with van der Waals surface area (Å²) in [7, 11) is 1.80. The Labute approximate surface area is 132 Å². The van der Waals surface area contributed by atoms with E-state index in [0.717, 1.165) is 30.7 Å². The van der Waals surface area contributed by atoms with Gasteiger partial charge < -0.3 is 4.74 Å². The van der Waals surface area contributed by atoms with Crippen LogP contribution in [0.3, 0.4) is 0 Å². The van der Waals surface area contributed by atoms with Crippen LogP contribution >= 0.6 is 22.6 Å². The minimum Gasteiger partial charge on any atom is -0.381 e. The van der Waals surface area contributed by atoms with E-state index in [4.69, 9.17) is 4.74 Å². The third-order valence-corrected chi connectivity index (χ3v) is 4.64. The average molecular weight is 383 g/mol. The zero-order chi connectivity index (χ0) is 13.9. The fraction of sp³-hybridized carbons (Fsp3) is 0.467. The van der Waals surface area contributed by atoms with Crippen molar-refractivity contribution in [2.75, 3.05) is 7.11 Å². The number of benzene rings is 1. The van der Waals surface area contributed by atoms with E-state index >= 15 is 0 Å². The first-order valence-electron chi connectivity index (χ1n) is 6.96. The molecule has 2 aromatic rings. The van der Waals surface area contributed by atoms with Gasteiger partial charge in [0, 0.05) is 16.2 Å². The predicted molar refractivity (Wildman–Crippen MR) is 86.5 cm³/mol. The van der Waals surface area contributed by atoms with Crippen LogP contribution in [0.4, 0.5) is 0 Å². The lowest BCUT2D eigenvalue weighted by Crippen LogP contribution is -2.24. The van der Waals surface area contributed by atoms with Crippen LogP contribution in [0.5, 0.6) is 0 Å². The summed E-state index contributed by atoms with van der Waals surface area (Å²) in [6.45, 7) is 0. The fourth-order valence-corrected chi connectivity index (χ4v) is 3.12. The van der Waals surface area contributed by atoms with Crippen molar-refractivity contribution < 1.29 is 4.74 Å². The molecule has 2 unspecified atom stereocenters. The summed E-state index contributed by atoms with van der Waals surface area (Å²) in [4.78, 5) is 4.45. The van der Waals surface area contributed by atoms with Gasteiger partial charge in [-0.1, -0.05) is 12.1 Å². The molecule has 106 valence electrons. The highest BCUT2D eigenvalue weighted by Crippen LogP contribution is 2.29. The van der Waals surface area contributed by atoms with Crippen molar-refractivity contribution in [1.82, 2.24) is 14.8 Å². The van der Waals surface area contributed by atoms with E-state index in [1.165, 1.54) is 9.99 Å². The lowest BCUT2D eigenvalue weighted by molar-refractivity contribution is 0.0508. The highest BCUT2D eigenvalue weighted by molar-refractivity contribution is 14.1. The van der Waals surface area contributed by atoms with E-state index in [0.29, 0.717) is 12.1 Å². The van der Waals surface area contributed by atoms with Crippen LogP contribution in [0.2, 0.25) is 0 Å². The van der Waals surface area contributed by atoms with Gasteiger partial charge in [-0.3, -0.25) is 0 Å². The monoisotopic (exact) mass is 383 g/mol. The van der Waals surface area contributed by atoms with Gasteiger partial charge in [-0.05, 0) is 60.4 Å². The SMILES string of the molecule is COC1CCCC(n2cnc(-c3ccc(I)cc3)n2)C1. The molecular weight excluding hydrogens is 365 g/mol. The summed E-state index contributed by atoms with van der Waals surface area (Å²) >= 11 is 2.30. The smallest absolute Gasteiger partial charge is 0.181 e. The first-order valence-corrected chi connectivity index (χ1v) is 8.04. The van der Waals surface area contributed by atoms with Gasteiger partial charge in [-0.15, -0.1) is 0 Å². The van der Waals surface area contributed by atoms with Crippen molar-refractivity contribution in [2.24, 2.45) is 0 Å². The molecule has 1 aromatic carbocycles. The predicted octanol–water partition coefficient (Wildman–Crippen LogP) is 3.68. The molecule has 1 aliphatic carbocycles. The van der Waals surface area contributed by atoms with Crippen LogP contribution in [0.15, 0.2) is 30.6 Å². The van der Waals surface area contributed by atoms with Crippen LogP contribution < -0.4 is 0 Å². The van der Waals surface area contributed by atoms with E-state index < -0.39 is 0 Å². The highest BCUT2D eigenvalue weighted by Gasteiger charge is 2.24. The average Bonchev–Trinajstić information content (AvgIpc) is 2.98. The molecule has 0 bridgehead atoms. The maximum absolute atomic E-state index is 5.49. The summed E-state index contributed by atoms with van der Waals surface area (Å²) in [5.41, 5.74) is 1.07. The molecule has 1 heterocycles. The quantitative estimate of drug-likeness (QED) is 0.760. The number of aromatic nitrogens is 3. The Morgan fingerprint density at radius 2 is 2.05 bits per heavy atom. The number of hydrogen-bond donors (Lipinski definition) is 0. The van der Waals surface area contributed by atoms with Gasteiger partial charge >= 0.3 is 0 Å². The van der Waals surface area contributed by atoms with E-state index in [-0.39, 0.29) is 0 Å². The largest absolute Gasteiger partial charge is 0.381 e. The normalized spacial score (nSPS) is 22.9. The molecule has 20 heavy (non-hydrogen) atoms. The van der Waals surface area contributed by atoms with Crippen LogP contribution in [0.1, 0.15) is 31.7 Å². The number of methoxy groups -OCH3 is 1. The van der Waals surface area contributed by atoms with Gasteiger partial charge in [0.15, 0.2) is 5.82 Å². The molecule has 0 aliphatic heterocycles. The molecule has 1 aromatic heterocycles. The Hall–Kier alpha value is -0.950. The number of rotatable bonds is 3. The molecule has 0 saturated heterocycles. The first kappa shape index (κ1) is 14.0. The van der Waals surface area contributed by atoms with Crippen molar-refractivity contribution in [3.05, 3.63) is 34.2 Å². The summed E-state index contributed by atoms with van der Waals surface area (Å²) in [6.07, 6.45) is 6.77. The molecule has 4 nitrogen and oxygen atoms in total. The summed E-state index contributed by atoms with van der Waals surface area (Å²) < 4.78 is 8.72. The minimum atomic E-state index is 0.361. The van der Waals surface area contributed by atoms with Crippen LogP contribution in [-0.2, 0) is 4.74 Å². The molecule has 0 N–H and O–H groups in total. The van der Waals surface area contributed by atoms with Gasteiger partial charge in [-0.25, -0.2) is 9.67 Å². The lowest BCUT2D eigenvalue weighted by Gasteiger charge is -2.27. The molecule has 2 atom stereocenters. The van der Waals surface area contributed by atoms with E-state index in [9.17, 15) is 0 Å². The van der Waals surface area contributed by atoms with Crippen molar-refractivity contribution in [3.63, 3.8) is 0 Å². The van der Waals surface area contributed by atoms with Crippen molar-refractivity contribution in [3.8, 4) is 11.4 Å². The Morgan fingerprint density at radius 3 is 2.80 bits per heavy atom. The van der Waals surface area contributed by atoms with E-state index in [2.05, 4.69) is 56.9 Å². The molecular formula is C15H18IN3O. The minimum absolute atomic E-state index is 0.361. The topological polar surface area (TPSA) is 39.9 Å². The maximum atomic E-state index is 5.49. The summed E-state index contributed by atoms with van der Waals surface area (Å²) in [6, 6.07) is 8.72. The van der Waals surface area contributed by atoms with Gasteiger partial charge in [0.05, 0.1) is 12.1 Å². The number of halogens is 1. The molecule has 3 rings (SSSR count).